The van der Waals surface area contributed by atoms with Gasteiger partial charge in [-0.3, -0.25) is 14.9 Å². The summed E-state index contributed by atoms with van der Waals surface area (Å²) in [5, 5.41) is 10.7. The molecule has 0 heterocycles. The minimum atomic E-state index is -0.966. The molecule has 0 spiro atoms. The van der Waals surface area contributed by atoms with Crippen LogP contribution in [-0.2, 0) is 16.1 Å². The van der Waals surface area contributed by atoms with Crippen molar-refractivity contribution < 1.29 is 23.6 Å². The summed E-state index contributed by atoms with van der Waals surface area (Å²) in [5.41, 5.74) is -0.230. The van der Waals surface area contributed by atoms with Crippen LogP contribution in [0.3, 0.4) is 0 Å². The maximum absolute atomic E-state index is 13.6. The Morgan fingerprint density at radius 3 is 2.62 bits per heavy atom. The van der Waals surface area contributed by atoms with E-state index >= 15 is 0 Å². The second-order valence-corrected chi connectivity index (χ2v) is 5.75. The molecule has 0 aliphatic heterocycles. The van der Waals surface area contributed by atoms with Gasteiger partial charge in [0.15, 0.2) is 6.61 Å². The quantitative estimate of drug-likeness (QED) is 0.436. The highest BCUT2D eigenvalue weighted by Gasteiger charge is 2.19. The lowest BCUT2D eigenvalue weighted by Crippen LogP contribution is -2.31. The highest BCUT2D eigenvalue weighted by molar-refractivity contribution is 6.33. The standard InChI is InChI=1S/C17H14ClFN2O5/c1-20(9-11-4-2-3-5-15(11)19)16(22)10-26-17(23)13-8-12(21(24)25)6-7-14(13)18/h2-8H,9-10H2,1H3. The second-order valence-electron chi connectivity index (χ2n) is 5.34. The van der Waals surface area contributed by atoms with Crippen molar-refractivity contribution in [2.75, 3.05) is 13.7 Å². The lowest BCUT2D eigenvalue weighted by Gasteiger charge is -2.17. The Hall–Kier alpha value is -3.00. The number of nitrogens with zero attached hydrogens (tertiary/aromatic N) is 2. The second kappa shape index (κ2) is 8.39. The van der Waals surface area contributed by atoms with Crippen molar-refractivity contribution in [3.63, 3.8) is 0 Å². The number of esters is 1. The van der Waals surface area contributed by atoms with Crippen LogP contribution in [0.15, 0.2) is 42.5 Å². The molecule has 7 nitrogen and oxygen atoms in total. The number of non-ortho nitro benzene ring substituents is 1. The molecule has 0 aliphatic rings. The number of hydrogen-bond acceptors (Lipinski definition) is 5. The molecule has 0 saturated heterocycles. The number of nitro groups is 1. The summed E-state index contributed by atoms with van der Waals surface area (Å²) in [6.07, 6.45) is 0. The van der Waals surface area contributed by atoms with E-state index in [0.29, 0.717) is 5.56 Å². The number of hydrogen-bond donors (Lipinski definition) is 0. The Balaban J connectivity index is 1.98. The molecule has 0 atom stereocenters. The predicted octanol–water partition coefficient (Wildman–Crippen LogP) is 3.20. The maximum Gasteiger partial charge on any atom is 0.340 e. The van der Waals surface area contributed by atoms with Crippen molar-refractivity contribution in [2.24, 2.45) is 0 Å². The number of benzene rings is 2. The topological polar surface area (TPSA) is 89.8 Å². The first-order chi connectivity index (χ1) is 12.3. The van der Waals surface area contributed by atoms with Gasteiger partial charge >= 0.3 is 5.97 Å². The summed E-state index contributed by atoms with van der Waals surface area (Å²) in [6.45, 7) is -0.608. The summed E-state index contributed by atoms with van der Waals surface area (Å²) >= 11 is 5.84. The SMILES string of the molecule is CN(Cc1ccccc1F)C(=O)COC(=O)c1cc([N+](=O)[O-])ccc1Cl. The molecule has 26 heavy (non-hydrogen) atoms. The van der Waals surface area contributed by atoms with E-state index in [-0.39, 0.29) is 22.8 Å². The van der Waals surface area contributed by atoms with Gasteiger partial charge in [-0.1, -0.05) is 29.8 Å². The third-order valence-electron chi connectivity index (χ3n) is 3.50. The number of ether oxygens (including phenoxy) is 1. The van der Waals surface area contributed by atoms with Crippen molar-refractivity contribution >= 4 is 29.2 Å². The molecule has 2 rings (SSSR count). The van der Waals surface area contributed by atoms with Crippen molar-refractivity contribution in [1.82, 2.24) is 4.90 Å². The smallest absolute Gasteiger partial charge is 0.340 e. The van der Waals surface area contributed by atoms with Gasteiger partial charge in [0.25, 0.3) is 11.6 Å². The lowest BCUT2D eigenvalue weighted by atomic mass is 10.2. The molecule has 0 unspecified atom stereocenters. The van der Waals surface area contributed by atoms with Crippen LogP contribution in [0.25, 0.3) is 0 Å². The van der Waals surface area contributed by atoms with E-state index in [2.05, 4.69) is 0 Å². The van der Waals surface area contributed by atoms with E-state index in [1.807, 2.05) is 0 Å². The van der Waals surface area contributed by atoms with Gasteiger partial charge in [-0.25, -0.2) is 9.18 Å². The van der Waals surface area contributed by atoms with Crippen LogP contribution in [0.5, 0.6) is 0 Å². The predicted molar refractivity (Wildman–Crippen MR) is 91.3 cm³/mol. The average Bonchev–Trinajstić information content (AvgIpc) is 2.61. The zero-order valence-electron chi connectivity index (χ0n) is 13.6. The summed E-state index contributed by atoms with van der Waals surface area (Å²) < 4.78 is 18.5. The summed E-state index contributed by atoms with van der Waals surface area (Å²) in [4.78, 5) is 35.3. The number of nitro benzene ring substituents is 1. The Morgan fingerprint density at radius 2 is 1.96 bits per heavy atom. The van der Waals surface area contributed by atoms with Crippen molar-refractivity contribution in [3.05, 3.63) is 74.5 Å². The van der Waals surface area contributed by atoms with Crippen molar-refractivity contribution in [2.45, 2.75) is 6.54 Å². The number of amides is 1. The maximum atomic E-state index is 13.6. The van der Waals surface area contributed by atoms with E-state index in [4.69, 9.17) is 16.3 Å². The van der Waals surface area contributed by atoms with Crippen LogP contribution >= 0.6 is 11.6 Å². The molecule has 0 radical (unpaired) electrons. The fourth-order valence-corrected chi connectivity index (χ4v) is 2.26. The first-order valence-electron chi connectivity index (χ1n) is 7.38. The van der Waals surface area contributed by atoms with Gasteiger partial charge in [-0.05, 0) is 12.1 Å². The molecule has 1 amide bonds. The van der Waals surface area contributed by atoms with Gasteiger partial charge in [0.1, 0.15) is 5.82 Å². The van der Waals surface area contributed by atoms with Gasteiger partial charge < -0.3 is 9.64 Å². The third kappa shape index (κ3) is 4.76. The number of halogens is 2. The Morgan fingerprint density at radius 1 is 1.27 bits per heavy atom. The molecular weight excluding hydrogens is 367 g/mol. The summed E-state index contributed by atoms with van der Waals surface area (Å²) in [5.74, 6) is -1.98. The molecule has 136 valence electrons. The Labute approximate surface area is 153 Å². The van der Waals surface area contributed by atoms with Crippen LogP contribution in [-0.4, -0.2) is 35.4 Å². The normalized spacial score (nSPS) is 10.3. The minimum Gasteiger partial charge on any atom is -0.452 e. The molecule has 0 fully saturated rings. The number of likely N-dealkylation sites (N-methyl/N-ethyl adjacent to an activating group) is 1. The summed E-state index contributed by atoms with van der Waals surface area (Å²) in [6, 6.07) is 9.30. The van der Waals surface area contributed by atoms with Crippen LogP contribution < -0.4 is 0 Å². The number of carbonyl (C=O) groups is 2. The van der Waals surface area contributed by atoms with Crippen LogP contribution in [0.4, 0.5) is 10.1 Å². The van der Waals surface area contributed by atoms with Gasteiger partial charge in [0, 0.05) is 31.3 Å². The molecular formula is C17H14ClFN2O5. The minimum absolute atomic E-state index is 0.000617. The number of rotatable bonds is 6. The van der Waals surface area contributed by atoms with Gasteiger partial charge in [-0.15, -0.1) is 0 Å². The monoisotopic (exact) mass is 380 g/mol. The van der Waals surface area contributed by atoms with Gasteiger partial charge in [-0.2, -0.15) is 0 Å². The van der Waals surface area contributed by atoms with Gasteiger partial charge in [0.2, 0.25) is 0 Å². The fourth-order valence-electron chi connectivity index (χ4n) is 2.07. The lowest BCUT2D eigenvalue weighted by molar-refractivity contribution is -0.384. The molecule has 9 heteroatoms. The fraction of sp³-hybridized carbons (Fsp3) is 0.176. The molecule has 0 N–H and O–H groups in total. The third-order valence-corrected chi connectivity index (χ3v) is 3.83. The zero-order valence-corrected chi connectivity index (χ0v) is 14.4. The van der Waals surface area contributed by atoms with Crippen molar-refractivity contribution in [3.8, 4) is 0 Å². The highest BCUT2D eigenvalue weighted by Crippen LogP contribution is 2.22. The molecule has 0 aliphatic carbocycles. The van der Waals surface area contributed by atoms with Gasteiger partial charge in [0.05, 0.1) is 15.5 Å². The van der Waals surface area contributed by atoms with E-state index in [1.54, 1.807) is 6.07 Å². The zero-order chi connectivity index (χ0) is 19.3. The number of carbonyl (C=O) groups excluding carboxylic acids is 2. The molecule has 0 saturated carbocycles. The Bertz CT molecular complexity index is 859. The van der Waals surface area contributed by atoms with Crippen molar-refractivity contribution in [1.29, 1.82) is 0 Å². The van der Waals surface area contributed by atoms with E-state index in [9.17, 15) is 24.1 Å². The average molecular weight is 381 g/mol. The van der Waals surface area contributed by atoms with Crippen LogP contribution in [0.2, 0.25) is 5.02 Å². The highest BCUT2D eigenvalue weighted by atomic mass is 35.5. The first kappa shape index (κ1) is 19.3. The largest absolute Gasteiger partial charge is 0.452 e. The molecule has 2 aromatic carbocycles. The van der Waals surface area contributed by atoms with E-state index in [1.165, 1.54) is 36.2 Å². The molecule has 0 bridgehead atoms. The molecule has 0 aromatic heterocycles. The molecule has 2 aromatic rings. The van der Waals surface area contributed by atoms with E-state index in [0.717, 1.165) is 12.1 Å². The van der Waals surface area contributed by atoms with E-state index < -0.39 is 29.2 Å². The van der Waals surface area contributed by atoms with Crippen LogP contribution in [0.1, 0.15) is 15.9 Å². The Kier molecular flexibility index (Phi) is 6.24. The van der Waals surface area contributed by atoms with Crippen LogP contribution in [0, 0.1) is 15.9 Å². The summed E-state index contributed by atoms with van der Waals surface area (Å²) in [7, 11) is 1.43. The first-order valence-corrected chi connectivity index (χ1v) is 7.76.